The van der Waals surface area contributed by atoms with Crippen molar-refractivity contribution >= 4 is 69.7 Å². The molecule has 10 aromatic rings. The quantitative estimate of drug-likeness (QED) is 0.151. The number of aromatic nitrogens is 2. The van der Waals surface area contributed by atoms with E-state index in [2.05, 4.69) is 134 Å². The zero-order valence-corrected chi connectivity index (χ0v) is 51.5. The van der Waals surface area contributed by atoms with E-state index in [1.165, 1.54) is 84.8 Å². The van der Waals surface area contributed by atoms with Crippen LogP contribution in [0.5, 0.6) is 0 Å². The van der Waals surface area contributed by atoms with Gasteiger partial charge in [0.05, 0.1) is 76.1 Å². The van der Waals surface area contributed by atoms with Gasteiger partial charge in [0.15, 0.2) is 0 Å². The third-order valence-electron chi connectivity index (χ3n) is 23.4. The smallest absolute Gasteiger partial charge is 0.206 e. The van der Waals surface area contributed by atoms with Gasteiger partial charge < -0.3 is 24.7 Å². The first-order chi connectivity index (χ1) is 44.5. The average Bonchev–Trinajstić information content (AvgIpc) is 1.54. The maximum Gasteiger partial charge on any atom is 0.206 e. The fraction of sp³-hybridized carbons (Fsp3) is 0.286. The summed E-state index contributed by atoms with van der Waals surface area (Å²) in [5, 5.41) is 32.9. The summed E-state index contributed by atoms with van der Waals surface area (Å²) in [5.41, 5.74) is 12.7. The highest BCUT2D eigenvalue weighted by Gasteiger charge is 2.68. The first kappa shape index (κ1) is 53.9. The van der Waals surface area contributed by atoms with Crippen molar-refractivity contribution in [3.05, 3.63) is 226 Å². The van der Waals surface area contributed by atoms with E-state index in [4.69, 9.17) is 4.99 Å². The number of nitrogens with zero attached hydrogens (tertiary/aromatic N) is 6. The van der Waals surface area contributed by atoms with Crippen LogP contribution in [0.2, 0.25) is 0 Å². The van der Waals surface area contributed by atoms with E-state index in [0.717, 1.165) is 85.7 Å². The van der Waals surface area contributed by atoms with E-state index >= 15 is 0 Å². The summed E-state index contributed by atoms with van der Waals surface area (Å²) in [6.45, 7) is 0. The van der Waals surface area contributed by atoms with Gasteiger partial charge in [-0.2, -0.15) is 10.5 Å². The molecule has 4 aliphatic heterocycles. The Labute approximate surface area is 528 Å². The molecule has 13 unspecified atom stereocenters. The molecule has 5 aliphatic carbocycles. The molecule has 13 atom stereocenters. The van der Waals surface area contributed by atoms with Crippen LogP contribution < -0.4 is 26.1 Å². The van der Waals surface area contributed by atoms with Gasteiger partial charge in [0.25, 0.3) is 0 Å². The van der Waals surface area contributed by atoms with Gasteiger partial charge in [0.2, 0.25) is 19.7 Å². The third kappa shape index (κ3) is 7.74. The van der Waals surface area contributed by atoms with Gasteiger partial charge in [-0.3, -0.25) is 0 Å². The van der Waals surface area contributed by atoms with Crippen molar-refractivity contribution in [2.45, 2.75) is 120 Å². The van der Waals surface area contributed by atoms with Crippen molar-refractivity contribution < 1.29 is 16.8 Å². The van der Waals surface area contributed by atoms with E-state index in [9.17, 15) is 27.4 Å². The van der Waals surface area contributed by atoms with Gasteiger partial charge in [-0.1, -0.05) is 61.4 Å². The number of benzene rings is 8. The first-order valence-electron chi connectivity index (χ1n) is 32.7. The van der Waals surface area contributed by atoms with Crippen molar-refractivity contribution in [3.63, 3.8) is 0 Å². The highest BCUT2D eigenvalue weighted by Crippen LogP contribution is 2.64. The number of rotatable bonds is 8. The number of para-hydroxylation sites is 2. The van der Waals surface area contributed by atoms with E-state index in [1.807, 2.05) is 30.3 Å². The molecule has 3 saturated heterocycles. The normalized spacial score (nSPS) is 28.1. The molecule has 14 heteroatoms. The van der Waals surface area contributed by atoms with Crippen LogP contribution in [0.25, 0.3) is 55.7 Å². The van der Waals surface area contributed by atoms with Crippen LogP contribution in [-0.4, -0.2) is 62.2 Å². The van der Waals surface area contributed by atoms with Crippen molar-refractivity contribution in [2.24, 2.45) is 40.5 Å². The van der Waals surface area contributed by atoms with Crippen molar-refractivity contribution in [2.75, 3.05) is 4.90 Å². The van der Waals surface area contributed by atoms with Gasteiger partial charge in [-0.05, 0) is 231 Å². The lowest BCUT2D eigenvalue weighted by Crippen LogP contribution is -2.48. The summed E-state index contributed by atoms with van der Waals surface area (Å²) in [6, 6.07) is 65.3. The van der Waals surface area contributed by atoms with E-state index in [-0.39, 0.29) is 19.6 Å². The Kier molecular flexibility index (Phi) is 11.7. The molecule has 2 N–H and O–H groups in total. The van der Waals surface area contributed by atoms with Crippen LogP contribution in [0.1, 0.15) is 91.7 Å². The molecule has 19 rings (SSSR count). The number of sulfone groups is 2. The Bertz CT molecular complexity index is 5260. The second-order valence-electron chi connectivity index (χ2n) is 27.4. The maximum atomic E-state index is 14.1. The lowest BCUT2D eigenvalue weighted by molar-refractivity contribution is 0.220. The highest BCUT2D eigenvalue weighted by atomic mass is 32.2. The molecule has 6 heterocycles. The molecule has 2 aromatic heterocycles. The minimum Gasteiger partial charge on any atom is -0.364 e. The van der Waals surface area contributed by atoms with Crippen molar-refractivity contribution in [1.82, 2.24) is 19.8 Å². The average molecular weight is 1230 g/mol. The highest BCUT2D eigenvalue weighted by molar-refractivity contribution is 7.91. The molecule has 91 heavy (non-hydrogen) atoms. The number of allylic oxidation sites excluding steroid dienone is 1. The fourth-order valence-electron chi connectivity index (χ4n) is 19.9. The summed E-state index contributed by atoms with van der Waals surface area (Å²) in [5.74, 6) is 3.90. The number of nitrogens with one attached hydrogen (secondary N) is 2. The molecule has 8 aromatic carbocycles. The van der Waals surface area contributed by atoms with E-state index < -0.39 is 19.7 Å². The summed E-state index contributed by atoms with van der Waals surface area (Å²) in [7, 11) is -7.65. The standard InChI is InChI=1S/C77H64N8O4S2/c78-41-43-14-24-50(25-15-43)90(86,87)52-28-20-48(21-29-52)84-69-35-33-54-58-36-45(19-34-68(58)83(47-8-2-1-3-9-47)74(54)73(69)61-40-67-71(77(61)84)56-11-5-7-13-63(56)81-67)46-18-32-57-64(37-46)82-66-39-60-59-38-65-70(55-10-4-6-12-62(55)80-65)75(59)85(76(60)72(57)66)49-22-30-53(31-23-49)91(88,89)51-26-16-44(42-79)17-27-51/h1-3,5,7-9,11,13-17,19-31,33-36,40,46,55,57,59-60,62,64-66,70,72,75-76,80,82H,4,6,10,12,18,32,37-39H2. The molecule has 4 saturated carbocycles. The molecule has 12 nitrogen and oxygen atoms in total. The summed E-state index contributed by atoms with van der Waals surface area (Å²) in [4.78, 5) is 8.91. The number of anilines is 1. The SMILES string of the molecule is N#Cc1ccc(S(=O)(=O)c2ccc(N3C4C(CC5NC6CCCCC6C54)C4CC5NC6CC(c7ccc8c(c7)c7ccc9c(c%10c(n9-c9ccc(S(=O)(=O)c%11ccc(C#N)cc%11)cc9)C9=c%11ccccc%11=NC9=C%10)c7n8-c7ccccc7)CCC6C5C43)cc2)cc1. The monoisotopic (exact) mass is 1230 g/mol. The minimum absolute atomic E-state index is 0.138. The summed E-state index contributed by atoms with van der Waals surface area (Å²) >= 11 is 0. The Morgan fingerprint density at radius 1 is 0.495 bits per heavy atom. The van der Waals surface area contributed by atoms with Gasteiger partial charge in [0, 0.05) is 85.8 Å². The van der Waals surface area contributed by atoms with Gasteiger partial charge in [0.1, 0.15) is 0 Å². The molecule has 0 spiro atoms. The zero-order chi connectivity index (χ0) is 60.8. The predicted octanol–water partition coefficient (Wildman–Crippen LogP) is 12.6. The van der Waals surface area contributed by atoms with Gasteiger partial charge >= 0.3 is 0 Å². The number of hydrogen-bond donors (Lipinski definition) is 2. The molecular formula is C77H64N8O4S2. The second kappa shape index (κ2) is 19.8. The Hall–Kier alpha value is -8.89. The Morgan fingerprint density at radius 3 is 1.73 bits per heavy atom. The number of nitriles is 2. The van der Waals surface area contributed by atoms with Crippen LogP contribution in [0.3, 0.4) is 0 Å². The molecule has 9 aliphatic rings. The lowest BCUT2D eigenvalue weighted by Gasteiger charge is -2.42. The largest absolute Gasteiger partial charge is 0.364 e. The van der Waals surface area contributed by atoms with Crippen LogP contribution in [0.4, 0.5) is 5.69 Å². The molecule has 0 bridgehead atoms. The first-order valence-corrected chi connectivity index (χ1v) is 35.6. The number of hydrogen-bond acceptors (Lipinski definition) is 10. The third-order valence-corrected chi connectivity index (χ3v) is 27.0. The lowest BCUT2D eigenvalue weighted by atomic mass is 9.71. The minimum atomic E-state index is -3.87. The summed E-state index contributed by atoms with van der Waals surface area (Å²) < 4.78 is 61.0. The van der Waals surface area contributed by atoms with Gasteiger partial charge in [-0.15, -0.1) is 0 Å². The van der Waals surface area contributed by atoms with Crippen LogP contribution in [0.15, 0.2) is 212 Å². The molecule has 0 amide bonds. The molecule has 448 valence electrons. The zero-order valence-electron chi connectivity index (χ0n) is 49.9. The predicted molar refractivity (Wildman–Crippen MR) is 352 cm³/mol. The van der Waals surface area contributed by atoms with Crippen LogP contribution >= 0.6 is 0 Å². The van der Waals surface area contributed by atoms with Gasteiger partial charge in [-0.25, -0.2) is 21.8 Å². The number of fused-ring (bicyclic) bond motifs is 21. The van der Waals surface area contributed by atoms with E-state index in [0.29, 0.717) is 88.8 Å². The second-order valence-corrected chi connectivity index (χ2v) is 31.3. The Morgan fingerprint density at radius 2 is 1.07 bits per heavy atom. The maximum absolute atomic E-state index is 14.1. The fourth-order valence-corrected chi connectivity index (χ4v) is 22.5. The van der Waals surface area contributed by atoms with E-state index in [1.54, 1.807) is 36.4 Å². The molecule has 7 fully saturated rings. The topological polar surface area (TPSA) is 165 Å². The van der Waals surface area contributed by atoms with Crippen LogP contribution in [0, 0.1) is 58.2 Å². The molecular weight excluding hydrogens is 1170 g/mol. The van der Waals surface area contributed by atoms with Crippen molar-refractivity contribution in [3.8, 4) is 23.5 Å². The van der Waals surface area contributed by atoms with Crippen molar-refractivity contribution in [1.29, 1.82) is 10.5 Å². The molecule has 0 radical (unpaired) electrons. The van der Waals surface area contributed by atoms with Crippen LogP contribution in [-0.2, 0) is 19.7 Å². The Balaban J connectivity index is 0.684. The summed E-state index contributed by atoms with van der Waals surface area (Å²) in [6.07, 6.45) is 13.2.